The smallest absolute Gasteiger partial charge is 0.161 e. The molecular weight excluding hydrogens is 532 g/mol. The number of benzene rings is 2. The Morgan fingerprint density at radius 3 is 2.28 bits per heavy atom. The van der Waals surface area contributed by atoms with Gasteiger partial charge in [-0.1, -0.05) is 68.5 Å². The van der Waals surface area contributed by atoms with E-state index >= 15 is 0 Å². The third kappa shape index (κ3) is 8.69. The van der Waals surface area contributed by atoms with Gasteiger partial charge in [0, 0.05) is 11.6 Å². The lowest BCUT2D eigenvalue weighted by Crippen LogP contribution is -2.27. The summed E-state index contributed by atoms with van der Waals surface area (Å²) < 4.78 is 0. The van der Waals surface area contributed by atoms with Gasteiger partial charge in [0.1, 0.15) is 0 Å². The highest BCUT2D eigenvalue weighted by atomic mass is 79.9. The van der Waals surface area contributed by atoms with E-state index in [1.807, 2.05) is 6.07 Å². The Balaban J connectivity index is 0.00000256. The lowest BCUT2D eigenvalue weighted by atomic mass is 9.77. The van der Waals surface area contributed by atoms with Crippen LogP contribution in [0.4, 0.5) is 0 Å². The fraction of sp³-hybridized carbons (Fsp3) is 0.538. The number of nitrogens with one attached hydrogen (secondary N) is 1. The highest BCUT2D eigenvalue weighted by Crippen LogP contribution is 2.42. The molecule has 0 saturated carbocycles. The van der Waals surface area contributed by atoms with Crippen molar-refractivity contribution in [1.82, 2.24) is 5.32 Å². The predicted octanol–water partition coefficient (Wildman–Crippen LogP) is 6.38. The van der Waals surface area contributed by atoms with Gasteiger partial charge in [0.25, 0.3) is 0 Å². The van der Waals surface area contributed by atoms with Crippen molar-refractivity contribution in [3.63, 3.8) is 0 Å². The molecule has 180 valence electrons. The zero-order valence-electron chi connectivity index (χ0n) is 19.0. The van der Waals surface area contributed by atoms with Crippen LogP contribution in [0, 0.1) is 5.92 Å². The van der Waals surface area contributed by atoms with Crippen LogP contribution in [0.5, 0.6) is 11.5 Å². The van der Waals surface area contributed by atoms with Crippen LogP contribution in [-0.2, 0) is 12.8 Å². The second-order valence-corrected chi connectivity index (χ2v) is 8.72. The van der Waals surface area contributed by atoms with Crippen LogP contribution in [0.2, 0.25) is 0 Å². The summed E-state index contributed by atoms with van der Waals surface area (Å²) >= 11 is 0. The molecule has 0 radical (unpaired) electrons. The number of phenols is 2. The summed E-state index contributed by atoms with van der Waals surface area (Å²) in [6.07, 6.45) is 11.8. The third-order valence-electron chi connectivity index (χ3n) is 6.54. The van der Waals surface area contributed by atoms with Gasteiger partial charge < -0.3 is 21.3 Å². The van der Waals surface area contributed by atoms with Crippen molar-refractivity contribution in [2.24, 2.45) is 11.7 Å². The summed E-state index contributed by atoms with van der Waals surface area (Å²) in [6.45, 7) is 2.18. The Bertz CT molecular complexity index is 774. The molecule has 4 nitrogen and oxygen atoms in total. The average Bonchev–Trinajstić information content (AvgIpc) is 2.76. The number of nitrogens with two attached hydrogens (primary N) is 1. The van der Waals surface area contributed by atoms with E-state index < -0.39 is 0 Å². The number of phenolic OH excluding ortho intramolecular Hbond substituents is 2. The fourth-order valence-electron chi connectivity index (χ4n) is 4.67. The number of aromatic hydroxyl groups is 2. The van der Waals surface area contributed by atoms with Crippen LogP contribution in [0.3, 0.4) is 0 Å². The zero-order valence-corrected chi connectivity index (χ0v) is 22.4. The van der Waals surface area contributed by atoms with Crippen molar-refractivity contribution >= 4 is 34.0 Å². The normalized spacial score (nSPS) is 17.2. The maximum absolute atomic E-state index is 10.1. The van der Waals surface area contributed by atoms with Crippen LogP contribution in [0.1, 0.15) is 74.1 Å². The van der Waals surface area contributed by atoms with E-state index in [0.717, 1.165) is 49.9 Å². The van der Waals surface area contributed by atoms with Gasteiger partial charge in [0.15, 0.2) is 11.5 Å². The Hall–Kier alpha value is -1.08. The molecule has 1 aliphatic rings. The van der Waals surface area contributed by atoms with Crippen molar-refractivity contribution < 1.29 is 10.2 Å². The second-order valence-electron chi connectivity index (χ2n) is 8.72. The molecule has 2 aromatic carbocycles. The summed E-state index contributed by atoms with van der Waals surface area (Å²) in [5, 5.41) is 23.3. The van der Waals surface area contributed by atoms with Crippen LogP contribution in [-0.4, -0.2) is 23.3 Å². The van der Waals surface area contributed by atoms with Crippen molar-refractivity contribution in [1.29, 1.82) is 0 Å². The molecular formula is C26H40Br2N2O2. The topological polar surface area (TPSA) is 78.5 Å². The minimum Gasteiger partial charge on any atom is -0.504 e. The molecule has 0 spiro atoms. The maximum Gasteiger partial charge on any atom is 0.161 e. The standard InChI is InChI=1S/C26H38N2O2.2BrH/c27-25-21(13-14-23-22(25)15-16-24(29)26(23)30)12-8-3-1-2-4-9-18-28-19-17-20-10-6-5-7-11-20;;/h5-7,10-11,15-16,21,25,28-30H,1-4,8-9,12-14,17-19,27H2;2*1H. The van der Waals surface area contributed by atoms with Gasteiger partial charge in [0.05, 0.1) is 0 Å². The second kappa shape index (κ2) is 15.7. The van der Waals surface area contributed by atoms with Crippen molar-refractivity contribution in [3.05, 3.63) is 59.2 Å². The van der Waals surface area contributed by atoms with Gasteiger partial charge in [-0.15, -0.1) is 34.0 Å². The zero-order chi connectivity index (χ0) is 21.2. The van der Waals surface area contributed by atoms with E-state index in [-0.39, 0.29) is 51.5 Å². The number of halogens is 2. The lowest BCUT2D eigenvalue weighted by Gasteiger charge is -2.31. The van der Waals surface area contributed by atoms with Gasteiger partial charge >= 0.3 is 0 Å². The molecule has 0 amide bonds. The molecule has 32 heavy (non-hydrogen) atoms. The van der Waals surface area contributed by atoms with Gasteiger partial charge in [-0.25, -0.2) is 0 Å². The highest BCUT2D eigenvalue weighted by molar-refractivity contribution is 8.93. The molecule has 2 unspecified atom stereocenters. The van der Waals surface area contributed by atoms with Gasteiger partial charge in [-0.05, 0) is 68.3 Å². The number of rotatable bonds is 12. The molecule has 3 rings (SSSR count). The molecule has 2 atom stereocenters. The number of hydrogen-bond acceptors (Lipinski definition) is 4. The van der Waals surface area contributed by atoms with E-state index in [9.17, 15) is 10.2 Å². The van der Waals surface area contributed by atoms with Crippen molar-refractivity contribution in [2.75, 3.05) is 13.1 Å². The van der Waals surface area contributed by atoms with E-state index in [2.05, 4.69) is 35.6 Å². The third-order valence-corrected chi connectivity index (χ3v) is 6.54. The van der Waals surface area contributed by atoms with Crippen molar-refractivity contribution in [2.45, 2.75) is 70.3 Å². The average molecular weight is 572 g/mol. The molecule has 2 aromatic rings. The fourth-order valence-corrected chi connectivity index (χ4v) is 4.67. The molecule has 0 aliphatic heterocycles. The van der Waals surface area contributed by atoms with Crippen LogP contribution in [0.15, 0.2) is 42.5 Å². The molecule has 0 saturated heterocycles. The monoisotopic (exact) mass is 570 g/mol. The molecule has 0 fully saturated rings. The minimum absolute atomic E-state index is 0. The lowest BCUT2D eigenvalue weighted by molar-refractivity contribution is 0.330. The molecule has 5 N–H and O–H groups in total. The Morgan fingerprint density at radius 1 is 0.844 bits per heavy atom. The largest absolute Gasteiger partial charge is 0.504 e. The van der Waals surface area contributed by atoms with Gasteiger partial charge in [-0.2, -0.15) is 0 Å². The summed E-state index contributed by atoms with van der Waals surface area (Å²) in [5.74, 6) is 0.469. The van der Waals surface area contributed by atoms with E-state index in [0.29, 0.717) is 5.92 Å². The Morgan fingerprint density at radius 2 is 1.53 bits per heavy atom. The van der Waals surface area contributed by atoms with Crippen LogP contribution >= 0.6 is 34.0 Å². The SMILES string of the molecule is Br.Br.NC1c2ccc(O)c(O)c2CCC1CCCCCCCCNCCc1ccccc1. The van der Waals surface area contributed by atoms with Gasteiger partial charge in [-0.3, -0.25) is 0 Å². The number of hydrogen-bond donors (Lipinski definition) is 4. The number of fused-ring (bicyclic) bond motifs is 1. The van der Waals surface area contributed by atoms with Crippen molar-refractivity contribution in [3.8, 4) is 11.5 Å². The quantitative estimate of drug-likeness (QED) is 0.176. The first-order chi connectivity index (χ1) is 14.7. The first-order valence-electron chi connectivity index (χ1n) is 11.7. The predicted molar refractivity (Wildman–Crippen MR) is 144 cm³/mol. The molecule has 6 heteroatoms. The van der Waals surface area contributed by atoms with Crippen LogP contribution in [0.25, 0.3) is 0 Å². The maximum atomic E-state index is 10.1. The summed E-state index contributed by atoms with van der Waals surface area (Å²) in [5.41, 5.74) is 9.73. The van der Waals surface area contributed by atoms with Gasteiger partial charge in [0.2, 0.25) is 0 Å². The van der Waals surface area contributed by atoms with Crippen LogP contribution < -0.4 is 11.1 Å². The first kappa shape index (κ1) is 29.0. The van der Waals surface area contributed by atoms with E-state index in [1.54, 1.807) is 6.07 Å². The Kier molecular flexibility index (Phi) is 14.2. The molecule has 0 heterocycles. The number of unbranched alkanes of at least 4 members (excludes halogenated alkanes) is 5. The molecule has 0 bridgehead atoms. The summed E-state index contributed by atoms with van der Waals surface area (Å²) in [6, 6.07) is 14.1. The molecule has 0 aromatic heterocycles. The molecule has 1 aliphatic carbocycles. The Labute approximate surface area is 214 Å². The first-order valence-corrected chi connectivity index (χ1v) is 11.7. The van der Waals surface area contributed by atoms with E-state index in [4.69, 9.17) is 5.73 Å². The minimum atomic E-state index is -0.0363. The van der Waals surface area contributed by atoms with E-state index in [1.165, 1.54) is 44.1 Å². The summed E-state index contributed by atoms with van der Waals surface area (Å²) in [7, 11) is 0. The summed E-state index contributed by atoms with van der Waals surface area (Å²) in [4.78, 5) is 0. The highest BCUT2D eigenvalue weighted by Gasteiger charge is 2.28.